The van der Waals surface area contributed by atoms with E-state index in [4.69, 9.17) is 0 Å². The van der Waals surface area contributed by atoms with Gasteiger partial charge >= 0.3 is 0 Å². The maximum atomic E-state index is 12.2. The molecule has 1 aromatic carbocycles. The molecule has 1 aromatic heterocycles. The van der Waals surface area contributed by atoms with Crippen LogP contribution in [0.25, 0.3) is 0 Å². The van der Waals surface area contributed by atoms with Gasteiger partial charge in [0, 0.05) is 11.0 Å². The number of carbonyl (C=O) groups is 1. The number of carbonyl (C=O) groups excluding carboxylic acids is 1. The van der Waals surface area contributed by atoms with Gasteiger partial charge in [-0.25, -0.2) is 4.98 Å². The molecule has 2 aromatic rings. The van der Waals surface area contributed by atoms with Crippen LogP contribution >= 0.6 is 15.9 Å². The van der Waals surface area contributed by atoms with Crippen molar-refractivity contribution in [3.63, 3.8) is 0 Å². The van der Waals surface area contributed by atoms with Crippen LogP contribution in [0.1, 0.15) is 29.4 Å². The van der Waals surface area contributed by atoms with Gasteiger partial charge in [0.25, 0.3) is 5.91 Å². The lowest BCUT2D eigenvalue weighted by Gasteiger charge is -2.09. The average molecular weight is 349 g/mol. The number of halogens is 1. The van der Waals surface area contributed by atoms with E-state index < -0.39 is 0 Å². The zero-order valence-corrected chi connectivity index (χ0v) is 13.6. The van der Waals surface area contributed by atoms with E-state index >= 15 is 0 Å². The summed E-state index contributed by atoms with van der Waals surface area (Å²) in [7, 11) is 0. The number of hydrogen-bond acceptors (Lipinski definition) is 4. The molecule has 0 aliphatic rings. The highest BCUT2D eigenvalue weighted by Gasteiger charge is 2.11. The van der Waals surface area contributed by atoms with Crippen molar-refractivity contribution in [1.82, 2.24) is 9.97 Å². The lowest BCUT2D eigenvalue weighted by molar-refractivity contribution is 0.102. The van der Waals surface area contributed by atoms with Crippen LogP contribution in [0.3, 0.4) is 0 Å². The number of hydrogen-bond donors (Lipinski definition) is 2. The molecule has 2 rings (SSSR count). The summed E-state index contributed by atoms with van der Waals surface area (Å²) in [5.74, 6) is 0.321. The Morgan fingerprint density at radius 1 is 1.33 bits per heavy atom. The molecule has 0 aliphatic heterocycles. The number of aromatic nitrogens is 2. The predicted molar refractivity (Wildman–Crippen MR) is 87.6 cm³/mol. The van der Waals surface area contributed by atoms with Gasteiger partial charge in [-0.05, 0) is 40.9 Å². The van der Waals surface area contributed by atoms with Crippen LogP contribution < -0.4 is 10.6 Å². The monoisotopic (exact) mass is 348 g/mol. The Morgan fingerprint density at radius 2 is 2.14 bits per heavy atom. The highest BCUT2D eigenvalue weighted by Crippen LogP contribution is 2.26. The highest BCUT2D eigenvalue weighted by atomic mass is 79.9. The lowest BCUT2D eigenvalue weighted by atomic mass is 10.2. The minimum atomic E-state index is -0.283. The van der Waals surface area contributed by atoms with Crippen LogP contribution in [-0.2, 0) is 0 Å². The zero-order valence-electron chi connectivity index (χ0n) is 12.0. The van der Waals surface area contributed by atoms with Crippen LogP contribution in [0.15, 0.2) is 35.1 Å². The summed E-state index contributed by atoms with van der Waals surface area (Å²) >= 11 is 3.47. The van der Waals surface area contributed by atoms with E-state index in [1.165, 1.54) is 6.20 Å². The Kier molecular flexibility index (Phi) is 5.27. The molecule has 2 N–H and O–H groups in total. The largest absolute Gasteiger partial charge is 0.369 e. The van der Waals surface area contributed by atoms with E-state index in [1.807, 2.05) is 25.1 Å². The molecule has 0 unspecified atom stereocenters. The first kappa shape index (κ1) is 15.4. The second kappa shape index (κ2) is 7.17. The smallest absolute Gasteiger partial charge is 0.275 e. The van der Waals surface area contributed by atoms with Crippen molar-refractivity contribution in [2.45, 2.75) is 20.3 Å². The number of benzene rings is 1. The fraction of sp³-hybridized carbons (Fsp3) is 0.267. The first-order valence-corrected chi connectivity index (χ1v) is 7.53. The molecule has 5 nitrogen and oxygen atoms in total. The minimum Gasteiger partial charge on any atom is -0.369 e. The molecule has 0 spiro atoms. The van der Waals surface area contributed by atoms with E-state index in [-0.39, 0.29) is 11.6 Å². The molecule has 0 saturated heterocycles. The molecular formula is C15H17BrN4O. The second-order valence-electron chi connectivity index (χ2n) is 4.61. The predicted octanol–water partition coefficient (Wildman–Crippen LogP) is 3.62. The molecule has 0 atom stereocenters. The van der Waals surface area contributed by atoms with Crippen LogP contribution in [0.2, 0.25) is 0 Å². The molecule has 0 saturated carbocycles. The summed E-state index contributed by atoms with van der Waals surface area (Å²) in [6.07, 6.45) is 4.04. The standard InChI is InChI=1S/C15H17BrN4O/c1-3-7-18-13-9-17-8-12(19-13)15(21)20-11-6-4-5-10(2)14(11)16/h4-6,8-9H,3,7H2,1-2H3,(H,18,19)(H,20,21). The number of rotatable bonds is 5. The second-order valence-corrected chi connectivity index (χ2v) is 5.40. The van der Waals surface area contributed by atoms with Gasteiger partial charge in [-0.2, -0.15) is 0 Å². The van der Waals surface area contributed by atoms with Crippen molar-refractivity contribution < 1.29 is 4.79 Å². The maximum absolute atomic E-state index is 12.2. The van der Waals surface area contributed by atoms with Crippen LogP contribution in [-0.4, -0.2) is 22.4 Å². The van der Waals surface area contributed by atoms with Gasteiger partial charge in [-0.1, -0.05) is 19.1 Å². The van der Waals surface area contributed by atoms with Gasteiger partial charge < -0.3 is 10.6 Å². The summed E-state index contributed by atoms with van der Waals surface area (Å²) in [5.41, 5.74) is 2.05. The number of nitrogens with one attached hydrogen (secondary N) is 2. The quantitative estimate of drug-likeness (QED) is 0.865. The Balaban J connectivity index is 2.15. The number of nitrogens with zero attached hydrogens (tertiary/aromatic N) is 2. The van der Waals surface area contributed by atoms with Crippen molar-refractivity contribution in [3.05, 3.63) is 46.3 Å². The fourth-order valence-corrected chi connectivity index (χ4v) is 2.11. The Morgan fingerprint density at radius 3 is 2.90 bits per heavy atom. The van der Waals surface area contributed by atoms with Gasteiger partial charge in [0.05, 0.1) is 18.1 Å². The third-order valence-corrected chi connectivity index (χ3v) is 3.92. The van der Waals surface area contributed by atoms with Crippen LogP contribution in [0.4, 0.5) is 11.5 Å². The summed E-state index contributed by atoms with van der Waals surface area (Å²) in [6.45, 7) is 4.82. The molecule has 110 valence electrons. The van der Waals surface area contributed by atoms with E-state index in [0.29, 0.717) is 11.5 Å². The normalized spacial score (nSPS) is 10.2. The summed E-state index contributed by atoms with van der Waals surface area (Å²) in [5, 5.41) is 5.95. The molecule has 0 radical (unpaired) electrons. The molecule has 1 amide bonds. The maximum Gasteiger partial charge on any atom is 0.275 e. The minimum absolute atomic E-state index is 0.282. The van der Waals surface area contributed by atoms with Gasteiger partial charge in [0.2, 0.25) is 0 Å². The number of amides is 1. The lowest BCUT2D eigenvalue weighted by Crippen LogP contribution is -2.15. The van der Waals surface area contributed by atoms with E-state index in [2.05, 4.69) is 43.5 Å². The first-order valence-electron chi connectivity index (χ1n) is 6.74. The Labute approximate surface area is 132 Å². The van der Waals surface area contributed by atoms with Crippen molar-refractivity contribution in [3.8, 4) is 0 Å². The molecule has 1 heterocycles. The first-order chi connectivity index (χ1) is 10.1. The summed E-state index contributed by atoms with van der Waals surface area (Å²) < 4.78 is 0.867. The van der Waals surface area contributed by atoms with Crippen molar-refractivity contribution in [2.24, 2.45) is 0 Å². The molecule has 0 bridgehead atoms. The molecule has 0 aliphatic carbocycles. The number of aryl methyl sites for hydroxylation is 1. The van der Waals surface area contributed by atoms with Crippen molar-refractivity contribution in [2.75, 3.05) is 17.2 Å². The van der Waals surface area contributed by atoms with E-state index in [1.54, 1.807) is 6.20 Å². The van der Waals surface area contributed by atoms with Crippen molar-refractivity contribution in [1.29, 1.82) is 0 Å². The zero-order chi connectivity index (χ0) is 15.2. The van der Waals surface area contributed by atoms with Gasteiger partial charge in [-0.3, -0.25) is 9.78 Å². The third kappa shape index (κ3) is 4.01. The van der Waals surface area contributed by atoms with Gasteiger partial charge in [0.15, 0.2) is 0 Å². The van der Waals surface area contributed by atoms with Crippen LogP contribution in [0.5, 0.6) is 0 Å². The molecule has 0 fully saturated rings. The molecular weight excluding hydrogens is 332 g/mol. The van der Waals surface area contributed by atoms with E-state index in [9.17, 15) is 4.79 Å². The SMILES string of the molecule is CCCNc1cncc(C(=O)Nc2cccc(C)c2Br)n1. The summed E-state index contributed by atoms with van der Waals surface area (Å²) in [4.78, 5) is 20.5. The molecule has 6 heteroatoms. The van der Waals surface area contributed by atoms with Gasteiger partial charge in [0.1, 0.15) is 11.5 Å². The topological polar surface area (TPSA) is 66.9 Å². The fourth-order valence-electron chi connectivity index (χ4n) is 1.74. The van der Waals surface area contributed by atoms with Crippen molar-refractivity contribution >= 4 is 33.3 Å². The molecule has 21 heavy (non-hydrogen) atoms. The highest BCUT2D eigenvalue weighted by molar-refractivity contribution is 9.10. The Bertz CT molecular complexity index is 645. The Hall–Kier alpha value is -1.95. The number of anilines is 2. The van der Waals surface area contributed by atoms with Crippen LogP contribution in [0, 0.1) is 6.92 Å². The third-order valence-electron chi connectivity index (χ3n) is 2.86. The summed E-state index contributed by atoms with van der Waals surface area (Å²) in [6, 6.07) is 5.69. The average Bonchev–Trinajstić information content (AvgIpc) is 2.50. The van der Waals surface area contributed by atoms with Gasteiger partial charge in [-0.15, -0.1) is 0 Å². The van der Waals surface area contributed by atoms with E-state index in [0.717, 1.165) is 23.0 Å².